The van der Waals surface area contributed by atoms with Crippen molar-refractivity contribution in [2.24, 2.45) is 0 Å². The number of nitrogens with one attached hydrogen (secondary N) is 2. The highest BCUT2D eigenvalue weighted by Gasteiger charge is 2.19. The number of benzene rings is 1. The number of amides is 1. The van der Waals surface area contributed by atoms with Crippen molar-refractivity contribution in [3.63, 3.8) is 0 Å². The molecule has 6 nitrogen and oxygen atoms in total. The number of nitrogens with zero attached hydrogens (tertiary/aromatic N) is 2. The van der Waals surface area contributed by atoms with Crippen molar-refractivity contribution in [1.82, 2.24) is 14.8 Å². The van der Waals surface area contributed by atoms with Crippen LogP contribution < -0.4 is 11.0 Å². The average molecular weight is 348 g/mol. The highest BCUT2D eigenvalue weighted by Crippen LogP contribution is 2.22. The number of hydrogen-bond acceptors (Lipinski definition) is 4. The molecular weight excluding hydrogens is 324 g/mol. The first kappa shape index (κ1) is 18.3. The molecule has 2 rings (SSSR count). The Labute approximate surface area is 146 Å². The third kappa shape index (κ3) is 4.50. The zero-order valence-electron chi connectivity index (χ0n) is 14.5. The zero-order chi connectivity index (χ0) is 17.7. The van der Waals surface area contributed by atoms with Crippen LogP contribution in [0.25, 0.3) is 0 Å². The van der Waals surface area contributed by atoms with E-state index in [2.05, 4.69) is 29.4 Å². The summed E-state index contributed by atoms with van der Waals surface area (Å²) in [6, 6.07) is 7.85. The lowest BCUT2D eigenvalue weighted by molar-refractivity contribution is -0.115. The van der Waals surface area contributed by atoms with Gasteiger partial charge in [0.1, 0.15) is 0 Å². The molecule has 0 unspecified atom stereocenters. The molecule has 2 N–H and O–H groups in total. The number of H-pyrrole nitrogens is 1. The topological polar surface area (TPSA) is 79.8 Å². The molecule has 0 saturated carbocycles. The van der Waals surface area contributed by atoms with Gasteiger partial charge in [0.2, 0.25) is 5.91 Å². The Morgan fingerprint density at radius 2 is 1.96 bits per heavy atom. The highest BCUT2D eigenvalue weighted by molar-refractivity contribution is 8.00. The van der Waals surface area contributed by atoms with Crippen LogP contribution in [-0.4, -0.2) is 25.9 Å². The molecule has 0 aliphatic carbocycles. The monoisotopic (exact) mass is 348 g/mol. The smallest absolute Gasteiger partial charge is 0.325 e. The summed E-state index contributed by atoms with van der Waals surface area (Å²) in [4.78, 5) is 24.0. The molecule has 1 aromatic heterocycles. The molecular formula is C17H24N4O2S. The molecule has 0 bridgehead atoms. The molecule has 0 aliphatic heterocycles. The quantitative estimate of drug-likeness (QED) is 0.753. The first-order chi connectivity index (χ1) is 11.4. The van der Waals surface area contributed by atoms with Crippen LogP contribution in [0, 0.1) is 0 Å². The first-order valence-corrected chi connectivity index (χ1v) is 9.03. The second kappa shape index (κ2) is 8.19. The summed E-state index contributed by atoms with van der Waals surface area (Å²) in [6.45, 7) is 8.64. The average Bonchev–Trinajstić information content (AvgIpc) is 2.89. The van der Waals surface area contributed by atoms with E-state index in [1.165, 1.54) is 17.3 Å². The van der Waals surface area contributed by atoms with Crippen molar-refractivity contribution in [3.05, 3.63) is 40.3 Å². The molecule has 0 fully saturated rings. The third-order valence-electron chi connectivity index (χ3n) is 3.67. The van der Waals surface area contributed by atoms with Crippen LogP contribution in [0.5, 0.6) is 0 Å². The first-order valence-electron chi connectivity index (χ1n) is 8.15. The molecule has 1 amide bonds. The van der Waals surface area contributed by atoms with E-state index in [4.69, 9.17) is 0 Å². The normalized spacial score (nSPS) is 12.4. The Balaban J connectivity index is 2.01. The van der Waals surface area contributed by atoms with Crippen molar-refractivity contribution in [2.45, 2.75) is 57.0 Å². The lowest BCUT2D eigenvalue weighted by Gasteiger charge is -2.13. The molecule has 1 aromatic carbocycles. The van der Waals surface area contributed by atoms with Crippen LogP contribution in [0.1, 0.15) is 45.6 Å². The van der Waals surface area contributed by atoms with E-state index in [9.17, 15) is 9.59 Å². The number of thioether (sulfide) groups is 1. The van der Waals surface area contributed by atoms with E-state index in [-0.39, 0.29) is 16.8 Å². The van der Waals surface area contributed by atoms with E-state index in [0.717, 1.165) is 12.1 Å². The van der Waals surface area contributed by atoms with Crippen molar-refractivity contribution in [2.75, 3.05) is 5.32 Å². The van der Waals surface area contributed by atoms with Gasteiger partial charge in [-0.15, -0.1) is 5.10 Å². The molecule has 0 aliphatic rings. The number of rotatable bonds is 7. The lowest BCUT2D eigenvalue weighted by Crippen LogP contribution is -2.24. The minimum absolute atomic E-state index is 0.115. The van der Waals surface area contributed by atoms with Crippen molar-refractivity contribution in [1.29, 1.82) is 0 Å². The minimum atomic E-state index is -0.361. The minimum Gasteiger partial charge on any atom is -0.325 e. The molecule has 24 heavy (non-hydrogen) atoms. The number of anilines is 1. The zero-order valence-corrected chi connectivity index (χ0v) is 15.3. The fraction of sp³-hybridized carbons (Fsp3) is 0.471. The number of hydrogen-bond donors (Lipinski definition) is 2. The summed E-state index contributed by atoms with van der Waals surface area (Å²) in [7, 11) is 0. The maximum absolute atomic E-state index is 12.4. The van der Waals surface area contributed by atoms with Gasteiger partial charge in [0.05, 0.1) is 5.25 Å². The second-order valence-corrected chi connectivity index (χ2v) is 7.30. The Morgan fingerprint density at radius 3 is 2.54 bits per heavy atom. The van der Waals surface area contributed by atoms with E-state index in [0.29, 0.717) is 17.6 Å². The van der Waals surface area contributed by atoms with Crippen LogP contribution in [0.2, 0.25) is 0 Å². The molecule has 1 atom stereocenters. The van der Waals surface area contributed by atoms with Crippen LogP contribution in [-0.2, 0) is 11.3 Å². The van der Waals surface area contributed by atoms with Crippen LogP contribution in [0.15, 0.2) is 34.2 Å². The summed E-state index contributed by atoms with van der Waals surface area (Å²) in [5.74, 6) is 0.343. The number of carbonyl (C=O) groups is 1. The molecule has 1 heterocycles. The highest BCUT2D eigenvalue weighted by atomic mass is 32.2. The summed E-state index contributed by atoms with van der Waals surface area (Å²) in [5.41, 5.74) is 1.76. The SMILES string of the molecule is CCCn1c(S[C@@H](C)C(=O)Nc2ccc(C(C)C)cc2)n[nH]c1=O. The summed E-state index contributed by atoms with van der Waals surface area (Å²) < 4.78 is 1.56. The summed E-state index contributed by atoms with van der Waals surface area (Å²) in [6.07, 6.45) is 0.829. The van der Waals surface area contributed by atoms with Gasteiger partial charge in [-0.1, -0.05) is 44.7 Å². The standard InChI is InChI=1S/C17H24N4O2S/c1-5-10-21-16(23)19-20-17(21)24-12(4)15(22)18-14-8-6-13(7-9-14)11(2)3/h6-9,11-12H,5,10H2,1-4H3,(H,18,22)(H,19,23)/t12-/m0/s1. The molecule has 7 heteroatoms. The molecule has 0 radical (unpaired) electrons. The fourth-order valence-corrected chi connectivity index (χ4v) is 3.10. The van der Waals surface area contributed by atoms with Gasteiger partial charge in [-0.2, -0.15) is 0 Å². The van der Waals surface area contributed by atoms with E-state index >= 15 is 0 Å². The van der Waals surface area contributed by atoms with Crippen LogP contribution in [0.4, 0.5) is 5.69 Å². The predicted molar refractivity (Wildman–Crippen MR) is 97.6 cm³/mol. The summed E-state index contributed by atoms with van der Waals surface area (Å²) in [5, 5.41) is 9.52. The van der Waals surface area contributed by atoms with E-state index in [1.54, 1.807) is 11.5 Å². The Morgan fingerprint density at radius 1 is 1.29 bits per heavy atom. The lowest BCUT2D eigenvalue weighted by atomic mass is 10.0. The van der Waals surface area contributed by atoms with Gasteiger partial charge < -0.3 is 5.32 Å². The van der Waals surface area contributed by atoms with Gasteiger partial charge in [-0.3, -0.25) is 9.36 Å². The van der Waals surface area contributed by atoms with Gasteiger partial charge in [0, 0.05) is 12.2 Å². The van der Waals surface area contributed by atoms with Gasteiger partial charge in [0.15, 0.2) is 5.16 Å². The van der Waals surface area contributed by atoms with Gasteiger partial charge in [0.25, 0.3) is 0 Å². The third-order valence-corrected chi connectivity index (χ3v) is 4.76. The maximum Gasteiger partial charge on any atom is 0.343 e. The molecule has 2 aromatic rings. The van der Waals surface area contributed by atoms with Crippen molar-refractivity contribution in [3.8, 4) is 0 Å². The molecule has 0 spiro atoms. The van der Waals surface area contributed by atoms with Gasteiger partial charge in [-0.05, 0) is 37.0 Å². The van der Waals surface area contributed by atoms with Crippen LogP contribution >= 0.6 is 11.8 Å². The van der Waals surface area contributed by atoms with E-state index < -0.39 is 0 Å². The fourth-order valence-electron chi connectivity index (χ4n) is 2.22. The second-order valence-electron chi connectivity index (χ2n) is 5.99. The Bertz CT molecular complexity index is 734. The maximum atomic E-state index is 12.4. The molecule has 0 saturated heterocycles. The largest absolute Gasteiger partial charge is 0.343 e. The number of aromatic amines is 1. The predicted octanol–water partition coefficient (Wildman–Crippen LogP) is 3.22. The Kier molecular flexibility index (Phi) is 6.25. The van der Waals surface area contributed by atoms with Crippen molar-refractivity contribution >= 4 is 23.4 Å². The number of aromatic nitrogens is 3. The Hall–Kier alpha value is -2.02. The molecule has 130 valence electrons. The van der Waals surface area contributed by atoms with Crippen LogP contribution in [0.3, 0.4) is 0 Å². The van der Waals surface area contributed by atoms with E-state index in [1.807, 2.05) is 31.2 Å². The van der Waals surface area contributed by atoms with Crippen molar-refractivity contribution < 1.29 is 4.79 Å². The summed E-state index contributed by atoms with van der Waals surface area (Å²) >= 11 is 1.27. The van der Waals surface area contributed by atoms with Gasteiger partial charge in [-0.25, -0.2) is 9.89 Å². The number of carbonyl (C=O) groups excluding carboxylic acids is 1. The van der Waals surface area contributed by atoms with Gasteiger partial charge >= 0.3 is 5.69 Å².